The largest absolute Gasteiger partial charge is 0.376 e. The van der Waals surface area contributed by atoms with Crippen LogP contribution in [0.15, 0.2) is 0 Å². The SMILES string of the molecule is C[CH]NS(=O)(=O)C(C)O. The molecule has 55 valence electrons. The lowest BCUT2D eigenvalue weighted by atomic mass is 10.8. The lowest BCUT2D eigenvalue weighted by molar-refractivity contribution is 0.267. The Bertz CT molecular complexity index is 161. The zero-order chi connectivity index (χ0) is 7.49. The molecular formula is C4H10NO3S. The topological polar surface area (TPSA) is 66.4 Å². The first kappa shape index (κ1) is 8.87. The molecule has 0 aliphatic rings. The maximum atomic E-state index is 10.5. The van der Waals surface area contributed by atoms with Crippen LogP contribution < -0.4 is 4.72 Å². The molecule has 0 saturated heterocycles. The summed E-state index contributed by atoms with van der Waals surface area (Å²) in [6, 6.07) is 0. The molecule has 0 aromatic heterocycles. The van der Waals surface area contributed by atoms with Crippen molar-refractivity contribution in [1.29, 1.82) is 0 Å². The third kappa shape index (κ3) is 2.78. The van der Waals surface area contributed by atoms with Gasteiger partial charge in [-0.1, -0.05) is 0 Å². The molecule has 0 rings (SSSR count). The summed E-state index contributed by atoms with van der Waals surface area (Å²) in [5.41, 5.74) is -1.35. The first-order valence-electron chi connectivity index (χ1n) is 2.47. The Kier molecular flexibility index (Phi) is 3.10. The van der Waals surface area contributed by atoms with Crippen molar-refractivity contribution < 1.29 is 13.5 Å². The molecule has 9 heavy (non-hydrogen) atoms. The zero-order valence-electron chi connectivity index (χ0n) is 5.33. The average Bonchev–Trinajstić information content (AvgIpc) is 1.65. The minimum atomic E-state index is -3.50. The monoisotopic (exact) mass is 152 g/mol. The normalized spacial score (nSPS) is 15.4. The molecule has 0 aliphatic heterocycles. The lowest BCUT2D eigenvalue weighted by Gasteiger charge is -2.04. The van der Waals surface area contributed by atoms with Crippen LogP contribution in [0.4, 0.5) is 0 Å². The zero-order valence-corrected chi connectivity index (χ0v) is 6.14. The van der Waals surface area contributed by atoms with Gasteiger partial charge in [-0.15, -0.1) is 0 Å². The fourth-order valence-corrected chi connectivity index (χ4v) is 0.788. The number of aliphatic hydroxyl groups excluding tert-OH is 1. The highest BCUT2D eigenvalue weighted by atomic mass is 32.2. The van der Waals surface area contributed by atoms with Crippen LogP contribution >= 0.6 is 0 Å². The lowest BCUT2D eigenvalue weighted by Crippen LogP contribution is -2.29. The molecule has 0 aromatic rings. The van der Waals surface area contributed by atoms with Gasteiger partial charge in [0.05, 0.1) is 0 Å². The van der Waals surface area contributed by atoms with Crippen molar-refractivity contribution in [3.8, 4) is 0 Å². The van der Waals surface area contributed by atoms with Gasteiger partial charge in [-0.05, 0) is 13.8 Å². The van der Waals surface area contributed by atoms with Crippen molar-refractivity contribution in [3.05, 3.63) is 6.54 Å². The number of rotatable bonds is 3. The van der Waals surface area contributed by atoms with E-state index in [-0.39, 0.29) is 0 Å². The highest BCUT2D eigenvalue weighted by molar-refractivity contribution is 7.89. The fraction of sp³-hybridized carbons (Fsp3) is 0.750. The van der Waals surface area contributed by atoms with E-state index in [2.05, 4.69) is 0 Å². The van der Waals surface area contributed by atoms with E-state index in [1.807, 2.05) is 4.72 Å². The minimum Gasteiger partial charge on any atom is -0.376 e. The summed E-state index contributed by atoms with van der Waals surface area (Å²) in [7, 11) is -3.50. The van der Waals surface area contributed by atoms with Crippen LogP contribution in [-0.4, -0.2) is 19.0 Å². The van der Waals surface area contributed by atoms with Crippen molar-refractivity contribution in [1.82, 2.24) is 4.72 Å². The molecule has 1 atom stereocenters. The van der Waals surface area contributed by atoms with E-state index in [1.165, 1.54) is 20.4 Å². The summed E-state index contributed by atoms with van der Waals surface area (Å²) in [6.07, 6.45) is 0. The number of hydrogen-bond donors (Lipinski definition) is 2. The van der Waals surface area contributed by atoms with Crippen molar-refractivity contribution in [2.45, 2.75) is 19.3 Å². The first-order valence-corrected chi connectivity index (χ1v) is 4.02. The Morgan fingerprint density at radius 1 is 1.67 bits per heavy atom. The van der Waals surface area contributed by atoms with Gasteiger partial charge in [0, 0.05) is 6.54 Å². The van der Waals surface area contributed by atoms with Crippen LogP contribution in [0.5, 0.6) is 0 Å². The second kappa shape index (κ2) is 3.14. The van der Waals surface area contributed by atoms with Gasteiger partial charge in [-0.2, -0.15) is 0 Å². The van der Waals surface area contributed by atoms with Gasteiger partial charge in [0.1, 0.15) is 0 Å². The van der Waals surface area contributed by atoms with Crippen LogP contribution in [0.3, 0.4) is 0 Å². The summed E-state index contributed by atoms with van der Waals surface area (Å²) in [5.74, 6) is 0. The molecule has 4 nitrogen and oxygen atoms in total. The summed E-state index contributed by atoms with van der Waals surface area (Å²) < 4.78 is 23.1. The van der Waals surface area contributed by atoms with E-state index in [0.717, 1.165) is 0 Å². The molecule has 1 unspecified atom stereocenters. The maximum absolute atomic E-state index is 10.5. The van der Waals surface area contributed by atoms with Crippen molar-refractivity contribution in [2.75, 3.05) is 0 Å². The van der Waals surface area contributed by atoms with E-state index >= 15 is 0 Å². The molecule has 0 spiro atoms. The van der Waals surface area contributed by atoms with Crippen LogP contribution in [0, 0.1) is 6.54 Å². The van der Waals surface area contributed by atoms with Gasteiger partial charge in [0.15, 0.2) is 5.44 Å². The van der Waals surface area contributed by atoms with Crippen LogP contribution in [0.2, 0.25) is 0 Å². The molecular weight excluding hydrogens is 142 g/mol. The Morgan fingerprint density at radius 2 is 2.11 bits per heavy atom. The summed E-state index contributed by atoms with van der Waals surface area (Å²) in [6.45, 7) is 3.97. The molecule has 0 heterocycles. The van der Waals surface area contributed by atoms with Crippen LogP contribution in [0.25, 0.3) is 0 Å². The molecule has 5 heteroatoms. The third-order valence-corrected chi connectivity index (χ3v) is 2.19. The average molecular weight is 152 g/mol. The standard InChI is InChI=1S/C4H10NO3S/c1-3-5-9(7,8)4(2)6/h3-6H,1-2H3. The molecule has 0 aromatic carbocycles. The third-order valence-electron chi connectivity index (χ3n) is 0.731. The van der Waals surface area contributed by atoms with E-state index in [9.17, 15) is 8.42 Å². The predicted molar refractivity (Wildman–Crippen MR) is 33.7 cm³/mol. The molecule has 2 N–H and O–H groups in total. The van der Waals surface area contributed by atoms with Crippen LogP contribution in [-0.2, 0) is 10.0 Å². The number of nitrogens with one attached hydrogen (secondary N) is 1. The van der Waals surface area contributed by atoms with Crippen LogP contribution in [0.1, 0.15) is 13.8 Å². The molecule has 0 aliphatic carbocycles. The predicted octanol–water partition coefficient (Wildman–Crippen LogP) is -0.574. The highest BCUT2D eigenvalue weighted by Gasteiger charge is 2.14. The molecule has 0 fully saturated rings. The maximum Gasteiger partial charge on any atom is 0.238 e. The van der Waals surface area contributed by atoms with E-state index in [0.29, 0.717) is 0 Å². The highest BCUT2D eigenvalue weighted by Crippen LogP contribution is 1.91. The molecule has 0 amide bonds. The quantitative estimate of drug-likeness (QED) is 0.569. The number of aliphatic hydroxyl groups is 1. The van der Waals surface area contributed by atoms with Gasteiger partial charge >= 0.3 is 0 Å². The van der Waals surface area contributed by atoms with E-state index in [1.54, 1.807) is 0 Å². The Labute approximate surface area is 54.9 Å². The Hall–Kier alpha value is -0.130. The Morgan fingerprint density at radius 3 is 2.22 bits per heavy atom. The second-order valence-electron chi connectivity index (χ2n) is 1.55. The summed E-state index contributed by atoms with van der Waals surface area (Å²) in [4.78, 5) is 0. The molecule has 0 saturated carbocycles. The van der Waals surface area contributed by atoms with E-state index in [4.69, 9.17) is 5.11 Å². The summed E-state index contributed by atoms with van der Waals surface area (Å²) >= 11 is 0. The minimum absolute atomic E-state index is 1.19. The Balaban J connectivity index is 4.05. The van der Waals surface area contributed by atoms with E-state index < -0.39 is 15.5 Å². The summed E-state index contributed by atoms with van der Waals surface area (Å²) in [5, 5.41) is 8.54. The molecule has 0 bridgehead atoms. The molecule has 1 radical (unpaired) electrons. The first-order chi connectivity index (χ1) is 4.00. The second-order valence-corrected chi connectivity index (χ2v) is 3.56. The van der Waals surface area contributed by atoms with Crippen molar-refractivity contribution >= 4 is 10.0 Å². The van der Waals surface area contributed by atoms with Gasteiger partial charge in [-0.3, -0.25) is 0 Å². The number of hydrogen-bond acceptors (Lipinski definition) is 3. The smallest absolute Gasteiger partial charge is 0.238 e. The van der Waals surface area contributed by atoms with Crippen molar-refractivity contribution in [2.24, 2.45) is 0 Å². The fourth-order valence-electron chi connectivity index (χ4n) is 0.263. The number of sulfonamides is 1. The van der Waals surface area contributed by atoms with Gasteiger partial charge in [-0.25, -0.2) is 13.1 Å². The van der Waals surface area contributed by atoms with Gasteiger partial charge in [0.2, 0.25) is 10.0 Å². The van der Waals surface area contributed by atoms with Crippen molar-refractivity contribution in [3.63, 3.8) is 0 Å². The van der Waals surface area contributed by atoms with Gasteiger partial charge < -0.3 is 5.11 Å². The van der Waals surface area contributed by atoms with Gasteiger partial charge in [0.25, 0.3) is 0 Å².